The van der Waals surface area contributed by atoms with Crippen LogP contribution in [-0.4, -0.2) is 80.4 Å². The van der Waals surface area contributed by atoms with Gasteiger partial charge in [0.25, 0.3) is 0 Å². The first-order valence-corrected chi connectivity index (χ1v) is 8.41. The molecule has 21 heavy (non-hydrogen) atoms. The molecular formula is C15H26N4O2. The number of amides is 2. The Kier molecular flexibility index (Phi) is 3.77. The minimum Gasteiger partial charge on any atom is -0.379 e. The fraction of sp³-hybridized carbons (Fsp3) is 0.933. The zero-order valence-electron chi connectivity index (χ0n) is 12.6. The Hall–Kier alpha value is -0.850. The Labute approximate surface area is 126 Å². The predicted molar refractivity (Wildman–Crippen MR) is 79.2 cm³/mol. The van der Waals surface area contributed by atoms with Crippen molar-refractivity contribution in [2.24, 2.45) is 11.8 Å². The molecule has 3 heterocycles. The van der Waals surface area contributed by atoms with E-state index in [1.165, 1.54) is 0 Å². The number of rotatable bonds is 3. The lowest BCUT2D eigenvalue weighted by Crippen LogP contribution is -2.50. The van der Waals surface area contributed by atoms with Crippen LogP contribution >= 0.6 is 0 Å². The first kappa shape index (κ1) is 13.8. The number of fused-ring (bicyclic) bond motifs is 1. The number of piperidine rings is 1. The average molecular weight is 294 g/mol. The molecule has 3 saturated heterocycles. The monoisotopic (exact) mass is 294 g/mol. The normalized spacial score (nSPS) is 39.3. The van der Waals surface area contributed by atoms with E-state index in [0.29, 0.717) is 23.9 Å². The van der Waals surface area contributed by atoms with Crippen molar-refractivity contribution in [1.29, 1.82) is 0 Å². The summed E-state index contributed by atoms with van der Waals surface area (Å²) in [6.07, 6.45) is 2.28. The van der Waals surface area contributed by atoms with Crippen LogP contribution in [0.5, 0.6) is 0 Å². The van der Waals surface area contributed by atoms with Crippen molar-refractivity contribution in [3.63, 3.8) is 0 Å². The summed E-state index contributed by atoms with van der Waals surface area (Å²) in [5, 5.41) is 6.64. The van der Waals surface area contributed by atoms with E-state index in [9.17, 15) is 4.79 Å². The van der Waals surface area contributed by atoms with E-state index in [1.54, 1.807) is 0 Å². The highest BCUT2D eigenvalue weighted by molar-refractivity contribution is 5.75. The maximum absolute atomic E-state index is 12.5. The number of nitrogens with one attached hydrogen (secondary N) is 2. The second kappa shape index (κ2) is 5.74. The van der Waals surface area contributed by atoms with Crippen LogP contribution in [0.4, 0.5) is 4.79 Å². The highest BCUT2D eigenvalue weighted by Crippen LogP contribution is 2.41. The van der Waals surface area contributed by atoms with Crippen molar-refractivity contribution in [3.8, 4) is 0 Å². The number of ether oxygens (including phenoxy) is 1. The van der Waals surface area contributed by atoms with Gasteiger partial charge in [-0.1, -0.05) is 0 Å². The Bertz CT molecular complexity index is 389. The van der Waals surface area contributed by atoms with Gasteiger partial charge < -0.3 is 20.3 Å². The molecule has 1 aliphatic carbocycles. The van der Waals surface area contributed by atoms with Gasteiger partial charge in [0.15, 0.2) is 0 Å². The SMILES string of the molecule is O=C(NC1[C@H]2CNC[C@@H]12)N1CCC[C@H]1CN1CCOCC1. The molecule has 0 spiro atoms. The van der Waals surface area contributed by atoms with Gasteiger partial charge in [0.2, 0.25) is 0 Å². The summed E-state index contributed by atoms with van der Waals surface area (Å²) in [5.74, 6) is 1.38. The molecule has 3 aliphatic heterocycles. The van der Waals surface area contributed by atoms with Crippen LogP contribution in [0, 0.1) is 11.8 Å². The molecule has 1 unspecified atom stereocenters. The number of likely N-dealkylation sites (tertiary alicyclic amines) is 1. The molecule has 118 valence electrons. The number of carbonyl (C=O) groups excluding carboxylic acids is 1. The van der Waals surface area contributed by atoms with Gasteiger partial charge in [-0.3, -0.25) is 4.90 Å². The zero-order chi connectivity index (χ0) is 14.2. The Morgan fingerprint density at radius 3 is 2.71 bits per heavy atom. The van der Waals surface area contributed by atoms with E-state index in [4.69, 9.17) is 4.74 Å². The van der Waals surface area contributed by atoms with Crippen molar-refractivity contribution in [3.05, 3.63) is 0 Å². The molecule has 2 amide bonds. The first-order chi connectivity index (χ1) is 10.3. The third kappa shape index (κ3) is 2.76. The number of carbonyl (C=O) groups is 1. The van der Waals surface area contributed by atoms with Gasteiger partial charge in [-0.15, -0.1) is 0 Å². The molecule has 0 aromatic rings. The van der Waals surface area contributed by atoms with Gasteiger partial charge in [0.1, 0.15) is 0 Å². The molecule has 0 aromatic heterocycles. The standard InChI is InChI=1S/C15H26N4O2/c20-15(17-14-12-8-16-9-13(12)14)19-3-1-2-11(19)10-18-4-6-21-7-5-18/h11-14,16H,1-10H2,(H,17,20)/t11-,12-,13+,14?/m0/s1. The Morgan fingerprint density at radius 1 is 1.19 bits per heavy atom. The third-order valence-electron chi connectivity index (χ3n) is 5.59. The number of hydrogen-bond donors (Lipinski definition) is 2. The van der Waals surface area contributed by atoms with Crippen LogP contribution in [0.15, 0.2) is 0 Å². The molecule has 6 heteroatoms. The molecule has 2 N–H and O–H groups in total. The Morgan fingerprint density at radius 2 is 1.95 bits per heavy atom. The van der Waals surface area contributed by atoms with Crippen molar-refractivity contribution >= 4 is 6.03 Å². The minimum absolute atomic E-state index is 0.171. The largest absolute Gasteiger partial charge is 0.379 e. The maximum Gasteiger partial charge on any atom is 0.317 e. The lowest BCUT2D eigenvalue weighted by molar-refractivity contribution is 0.0292. The molecule has 4 rings (SSSR count). The highest BCUT2D eigenvalue weighted by Gasteiger charge is 2.54. The first-order valence-electron chi connectivity index (χ1n) is 8.41. The van der Waals surface area contributed by atoms with E-state index in [1.807, 2.05) is 0 Å². The van der Waals surface area contributed by atoms with Gasteiger partial charge in [0, 0.05) is 51.4 Å². The molecule has 1 saturated carbocycles. The van der Waals surface area contributed by atoms with Crippen LogP contribution in [-0.2, 0) is 4.74 Å². The van der Waals surface area contributed by atoms with Gasteiger partial charge in [-0.25, -0.2) is 4.79 Å². The fourth-order valence-corrected chi connectivity index (χ4v) is 4.23. The summed E-state index contributed by atoms with van der Waals surface area (Å²) in [6.45, 7) is 7.75. The summed E-state index contributed by atoms with van der Waals surface area (Å²) in [4.78, 5) is 17.1. The number of morpholine rings is 1. The molecule has 0 bridgehead atoms. The Balaban J connectivity index is 1.29. The number of hydrogen-bond acceptors (Lipinski definition) is 4. The molecule has 4 fully saturated rings. The van der Waals surface area contributed by atoms with E-state index >= 15 is 0 Å². The number of nitrogens with zero attached hydrogens (tertiary/aromatic N) is 2. The average Bonchev–Trinajstić information content (AvgIpc) is 2.92. The molecular weight excluding hydrogens is 268 g/mol. The van der Waals surface area contributed by atoms with Crippen molar-refractivity contribution in [2.75, 3.05) is 52.5 Å². The topological polar surface area (TPSA) is 56.8 Å². The summed E-state index contributed by atoms with van der Waals surface area (Å²) >= 11 is 0. The van der Waals surface area contributed by atoms with Gasteiger partial charge in [-0.2, -0.15) is 0 Å². The predicted octanol–water partition coefficient (Wildman–Crippen LogP) is -0.290. The summed E-state index contributed by atoms with van der Waals surface area (Å²) < 4.78 is 5.40. The van der Waals surface area contributed by atoms with Crippen molar-refractivity contribution in [2.45, 2.75) is 24.9 Å². The lowest BCUT2D eigenvalue weighted by Gasteiger charge is -2.33. The van der Waals surface area contributed by atoms with Crippen LogP contribution in [0.25, 0.3) is 0 Å². The van der Waals surface area contributed by atoms with E-state index in [0.717, 1.165) is 65.3 Å². The van der Waals surface area contributed by atoms with Crippen molar-refractivity contribution in [1.82, 2.24) is 20.4 Å². The van der Waals surface area contributed by atoms with Gasteiger partial charge >= 0.3 is 6.03 Å². The highest BCUT2D eigenvalue weighted by atomic mass is 16.5. The van der Waals surface area contributed by atoms with Gasteiger partial charge in [-0.05, 0) is 24.7 Å². The molecule has 4 atom stereocenters. The summed E-state index contributed by atoms with van der Waals surface area (Å²) in [6, 6.07) is 0.994. The summed E-state index contributed by atoms with van der Waals surface area (Å²) in [7, 11) is 0. The molecule has 0 radical (unpaired) electrons. The third-order valence-corrected chi connectivity index (χ3v) is 5.59. The quantitative estimate of drug-likeness (QED) is 0.751. The van der Waals surface area contributed by atoms with E-state index in [-0.39, 0.29) is 6.03 Å². The molecule has 0 aromatic carbocycles. The smallest absolute Gasteiger partial charge is 0.317 e. The molecule has 6 nitrogen and oxygen atoms in total. The molecule has 4 aliphatic rings. The summed E-state index contributed by atoms with van der Waals surface area (Å²) in [5.41, 5.74) is 0. The fourth-order valence-electron chi connectivity index (χ4n) is 4.23. The van der Waals surface area contributed by atoms with E-state index < -0.39 is 0 Å². The van der Waals surface area contributed by atoms with Crippen LogP contribution in [0.2, 0.25) is 0 Å². The lowest BCUT2D eigenvalue weighted by atomic mass is 10.2. The van der Waals surface area contributed by atoms with Crippen LogP contribution in [0.1, 0.15) is 12.8 Å². The van der Waals surface area contributed by atoms with E-state index in [2.05, 4.69) is 20.4 Å². The zero-order valence-corrected chi connectivity index (χ0v) is 12.6. The minimum atomic E-state index is 0.171. The van der Waals surface area contributed by atoms with Crippen LogP contribution in [0.3, 0.4) is 0 Å². The number of urea groups is 1. The maximum atomic E-state index is 12.5. The second-order valence-electron chi connectivity index (χ2n) is 6.86. The van der Waals surface area contributed by atoms with Crippen molar-refractivity contribution < 1.29 is 9.53 Å². The second-order valence-corrected chi connectivity index (χ2v) is 6.86. The van der Waals surface area contributed by atoms with Gasteiger partial charge in [0.05, 0.1) is 13.2 Å². The van der Waals surface area contributed by atoms with Crippen LogP contribution < -0.4 is 10.6 Å².